The van der Waals surface area contributed by atoms with Crippen LogP contribution in [0.2, 0.25) is 0 Å². The number of rotatable bonds is 7. The Morgan fingerprint density at radius 2 is 2.27 bits per heavy atom. The number of primary amides is 1. The van der Waals surface area contributed by atoms with Crippen molar-refractivity contribution in [3.63, 3.8) is 0 Å². The molecule has 0 radical (unpaired) electrons. The number of nitrogens with zero attached hydrogens (tertiary/aromatic N) is 4. The van der Waals surface area contributed by atoms with E-state index in [1.54, 1.807) is 10.9 Å². The highest BCUT2D eigenvalue weighted by molar-refractivity contribution is 5.97. The minimum atomic E-state index is -0.538. The number of anilines is 3. The third kappa shape index (κ3) is 3.33. The van der Waals surface area contributed by atoms with E-state index >= 15 is 0 Å². The fraction of sp³-hybridized carbons (Fsp3) is 0.429. The largest absolute Gasteiger partial charge is 0.369 e. The summed E-state index contributed by atoms with van der Waals surface area (Å²) in [5.41, 5.74) is 6.46. The number of aryl methyl sites for hydroxylation is 1. The Morgan fingerprint density at radius 3 is 2.91 bits per heavy atom. The highest BCUT2D eigenvalue weighted by Crippen LogP contribution is 2.29. The first-order valence-corrected chi connectivity index (χ1v) is 7.36. The second kappa shape index (κ2) is 6.00. The molecule has 2 heterocycles. The molecule has 1 aliphatic rings. The molecule has 1 saturated carbocycles. The highest BCUT2D eigenvalue weighted by Gasteiger charge is 2.22. The van der Waals surface area contributed by atoms with Gasteiger partial charge in [0, 0.05) is 25.5 Å². The average Bonchev–Trinajstić information content (AvgIpc) is 3.23. The van der Waals surface area contributed by atoms with Gasteiger partial charge >= 0.3 is 0 Å². The number of carbonyl (C=O) groups is 1. The Hall–Kier alpha value is -2.64. The van der Waals surface area contributed by atoms with Gasteiger partial charge in [-0.05, 0) is 25.7 Å². The van der Waals surface area contributed by atoms with E-state index in [9.17, 15) is 4.79 Å². The minimum Gasteiger partial charge on any atom is -0.369 e. The number of nitrogens with one attached hydrogen (secondary N) is 2. The topological polar surface area (TPSA) is 111 Å². The van der Waals surface area contributed by atoms with E-state index in [0.717, 1.165) is 18.8 Å². The van der Waals surface area contributed by atoms with Crippen molar-refractivity contribution in [1.29, 1.82) is 0 Å². The molecule has 0 saturated heterocycles. The van der Waals surface area contributed by atoms with Crippen LogP contribution in [-0.4, -0.2) is 32.2 Å². The van der Waals surface area contributed by atoms with E-state index in [-0.39, 0.29) is 0 Å². The molecule has 22 heavy (non-hydrogen) atoms. The van der Waals surface area contributed by atoms with Crippen molar-refractivity contribution in [2.24, 2.45) is 11.7 Å². The maximum Gasteiger partial charge on any atom is 0.254 e. The zero-order valence-electron chi connectivity index (χ0n) is 12.4. The Balaban J connectivity index is 1.78. The zero-order chi connectivity index (χ0) is 15.5. The van der Waals surface area contributed by atoms with Gasteiger partial charge in [-0.15, -0.1) is 0 Å². The summed E-state index contributed by atoms with van der Waals surface area (Å²) < 4.78 is 1.80. The van der Waals surface area contributed by atoms with Crippen molar-refractivity contribution in [1.82, 2.24) is 19.7 Å². The van der Waals surface area contributed by atoms with Crippen LogP contribution in [0.5, 0.6) is 0 Å². The van der Waals surface area contributed by atoms with Crippen molar-refractivity contribution >= 4 is 23.4 Å². The summed E-state index contributed by atoms with van der Waals surface area (Å²) in [5.74, 6) is 0.997. The first-order valence-electron chi connectivity index (χ1n) is 7.36. The minimum absolute atomic E-state index is 0.301. The number of nitrogens with two attached hydrogens (primary N) is 1. The van der Waals surface area contributed by atoms with Gasteiger partial charge in [0.25, 0.3) is 5.91 Å². The molecule has 2 aromatic heterocycles. The third-order valence-electron chi connectivity index (χ3n) is 3.52. The van der Waals surface area contributed by atoms with E-state index in [0.29, 0.717) is 23.2 Å². The van der Waals surface area contributed by atoms with Crippen molar-refractivity contribution in [3.8, 4) is 0 Å². The van der Waals surface area contributed by atoms with Crippen molar-refractivity contribution in [3.05, 3.63) is 24.2 Å². The molecular formula is C14H19N7O. The van der Waals surface area contributed by atoms with Gasteiger partial charge in [-0.3, -0.25) is 9.48 Å². The second-order valence-corrected chi connectivity index (χ2v) is 5.35. The fourth-order valence-corrected chi connectivity index (χ4v) is 2.05. The average molecular weight is 301 g/mol. The van der Waals surface area contributed by atoms with Crippen LogP contribution in [0.1, 0.15) is 30.1 Å². The molecule has 8 heteroatoms. The number of aromatic nitrogens is 4. The SMILES string of the molecule is CCn1cc(Nc2ncc(C(N)=O)c(NCC3CC3)n2)cn1. The summed E-state index contributed by atoms with van der Waals surface area (Å²) in [6.07, 6.45) is 7.43. The predicted octanol–water partition coefficient (Wildman–Crippen LogP) is 1.36. The highest BCUT2D eigenvalue weighted by atomic mass is 16.1. The van der Waals surface area contributed by atoms with E-state index in [2.05, 4.69) is 25.7 Å². The molecule has 0 aromatic carbocycles. The van der Waals surface area contributed by atoms with Crippen molar-refractivity contribution < 1.29 is 4.79 Å². The summed E-state index contributed by atoms with van der Waals surface area (Å²) in [6, 6.07) is 0. The Morgan fingerprint density at radius 1 is 1.45 bits per heavy atom. The summed E-state index contributed by atoms with van der Waals surface area (Å²) >= 11 is 0. The van der Waals surface area contributed by atoms with Crippen LogP contribution in [0.15, 0.2) is 18.6 Å². The molecular weight excluding hydrogens is 282 g/mol. The molecule has 1 amide bonds. The molecule has 116 valence electrons. The van der Waals surface area contributed by atoms with Gasteiger partial charge in [-0.2, -0.15) is 10.1 Å². The lowest BCUT2D eigenvalue weighted by molar-refractivity contribution is 0.100. The Bertz CT molecular complexity index is 678. The number of amides is 1. The van der Waals surface area contributed by atoms with Crippen LogP contribution in [0.25, 0.3) is 0 Å². The molecule has 0 bridgehead atoms. The van der Waals surface area contributed by atoms with Gasteiger partial charge < -0.3 is 16.4 Å². The van der Waals surface area contributed by atoms with E-state index < -0.39 is 5.91 Å². The van der Waals surface area contributed by atoms with Gasteiger partial charge in [-0.25, -0.2) is 4.98 Å². The molecule has 1 fully saturated rings. The van der Waals surface area contributed by atoms with E-state index in [4.69, 9.17) is 5.73 Å². The lowest BCUT2D eigenvalue weighted by atomic mass is 10.3. The molecule has 0 atom stereocenters. The Labute approximate surface area is 128 Å². The zero-order valence-corrected chi connectivity index (χ0v) is 12.4. The number of carbonyl (C=O) groups excluding carboxylic acids is 1. The lowest BCUT2D eigenvalue weighted by Crippen LogP contribution is -2.17. The van der Waals surface area contributed by atoms with Gasteiger partial charge in [0.1, 0.15) is 5.82 Å². The van der Waals surface area contributed by atoms with E-state index in [1.165, 1.54) is 19.0 Å². The third-order valence-corrected chi connectivity index (χ3v) is 3.52. The molecule has 1 aliphatic carbocycles. The van der Waals surface area contributed by atoms with Crippen LogP contribution >= 0.6 is 0 Å². The second-order valence-electron chi connectivity index (χ2n) is 5.35. The maximum atomic E-state index is 11.5. The van der Waals surface area contributed by atoms with Gasteiger partial charge in [0.15, 0.2) is 0 Å². The van der Waals surface area contributed by atoms with Gasteiger partial charge in [0.2, 0.25) is 5.95 Å². The standard InChI is InChI=1S/C14H19N7O/c1-2-21-8-10(6-18-21)19-14-17-7-11(12(15)22)13(20-14)16-5-9-3-4-9/h6-9H,2-5H2,1H3,(H2,15,22)(H2,16,17,19,20). The quantitative estimate of drug-likeness (QED) is 0.712. The molecule has 8 nitrogen and oxygen atoms in total. The van der Waals surface area contributed by atoms with Gasteiger partial charge in [0.05, 0.1) is 17.4 Å². The molecule has 2 aromatic rings. The summed E-state index contributed by atoms with van der Waals surface area (Å²) in [5, 5.41) is 10.4. The van der Waals surface area contributed by atoms with Crippen molar-refractivity contribution in [2.45, 2.75) is 26.3 Å². The van der Waals surface area contributed by atoms with Crippen LogP contribution in [0.3, 0.4) is 0 Å². The fourth-order valence-electron chi connectivity index (χ4n) is 2.05. The van der Waals surface area contributed by atoms with Gasteiger partial charge in [-0.1, -0.05) is 0 Å². The lowest BCUT2D eigenvalue weighted by Gasteiger charge is -2.10. The van der Waals surface area contributed by atoms with Crippen LogP contribution in [0, 0.1) is 5.92 Å². The Kier molecular flexibility index (Phi) is 3.90. The maximum absolute atomic E-state index is 11.5. The summed E-state index contributed by atoms with van der Waals surface area (Å²) in [7, 11) is 0. The van der Waals surface area contributed by atoms with E-state index in [1.807, 2.05) is 13.1 Å². The predicted molar refractivity (Wildman–Crippen MR) is 82.9 cm³/mol. The molecule has 0 unspecified atom stereocenters. The first-order chi connectivity index (χ1) is 10.7. The number of hydrogen-bond acceptors (Lipinski definition) is 6. The van der Waals surface area contributed by atoms with Crippen LogP contribution in [-0.2, 0) is 6.54 Å². The first kappa shape index (κ1) is 14.3. The van der Waals surface area contributed by atoms with Crippen molar-refractivity contribution in [2.75, 3.05) is 17.2 Å². The number of hydrogen-bond donors (Lipinski definition) is 3. The normalized spacial score (nSPS) is 13.9. The smallest absolute Gasteiger partial charge is 0.254 e. The summed E-state index contributed by atoms with van der Waals surface area (Å²) in [6.45, 7) is 3.59. The van der Waals surface area contributed by atoms with Crippen LogP contribution < -0.4 is 16.4 Å². The molecule has 0 aliphatic heterocycles. The summed E-state index contributed by atoms with van der Waals surface area (Å²) in [4.78, 5) is 19.9. The van der Waals surface area contributed by atoms with Crippen LogP contribution in [0.4, 0.5) is 17.5 Å². The molecule has 4 N–H and O–H groups in total. The molecule has 3 rings (SSSR count). The monoisotopic (exact) mass is 301 g/mol. The molecule has 0 spiro atoms.